The summed E-state index contributed by atoms with van der Waals surface area (Å²) in [7, 11) is 1.65. The minimum Gasteiger partial charge on any atom is -0.493 e. The summed E-state index contributed by atoms with van der Waals surface area (Å²) < 4.78 is 23.2. The number of fused-ring (bicyclic) bond motifs is 1. The van der Waals surface area contributed by atoms with Crippen molar-refractivity contribution in [1.82, 2.24) is 5.32 Å². The lowest BCUT2D eigenvalue weighted by Crippen LogP contribution is -2.16. The number of hydrogen-bond acceptors (Lipinski definition) is 5. The first-order chi connectivity index (χ1) is 12.1. The largest absolute Gasteiger partial charge is 0.493 e. The zero-order valence-electron chi connectivity index (χ0n) is 14.6. The zero-order chi connectivity index (χ0) is 17.8. The summed E-state index contributed by atoms with van der Waals surface area (Å²) in [6.45, 7) is 5.66. The second-order valence-corrected chi connectivity index (χ2v) is 6.87. The Kier molecular flexibility index (Phi) is 5.71. The Hall–Kier alpha value is -1.92. The van der Waals surface area contributed by atoms with Gasteiger partial charge in [0.1, 0.15) is 0 Å². The van der Waals surface area contributed by atoms with Gasteiger partial charge in [-0.15, -0.1) is 0 Å². The smallest absolute Gasteiger partial charge is 0.231 e. The first kappa shape index (κ1) is 17.9. The average molecular weight is 408 g/mol. The highest BCUT2D eigenvalue weighted by atomic mass is 79.9. The zero-order valence-corrected chi connectivity index (χ0v) is 16.2. The van der Waals surface area contributed by atoms with Gasteiger partial charge in [-0.1, -0.05) is 22.0 Å². The van der Waals surface area contributed by atoms with E-state index < -0.39 is 0 Å². The molecule has 1 heterocycles. The van der Waals surface area contributed by atoms with Crippen molar-refractivity contribution >= 4 is 15.9 Å². The van der Waals surface area contributed by atoms with Crippen molar-refractivity contribution in [2.24, 2.45) is 0 Å². The molecule has 6 heteroatoms. The maximum atomic E-state index is 5.98. The number of hydrogen-bond donors (Lipinski definition) is 1. The molecule has 0 aliphatic carbocycles. The van der Waals surface area contributed by atoms with Crippen molar-refractivity contribution in [1.29, 1.82) is 0 Å². The van der Waals surface area contributed by atoms with Crippen LogP contribution in [0, 0.1) is 0 Å². The number of benzene rings is 2. The Balaban J connectivity index is 1.72. The normalized spacial score (nSPS) is 12.5. The summed E-state index contributed by atoms with van der Waals surface area (Å²) in [4.78, 5) is 0. The summed E-state index contributed by atoms with van der Waals surface area (Å²) in [6.07, 6.45) is 0.0656. The van der Waals surface area contributed by atoms with Gasteiger partial charge in [-0.25, -0.2) is 0 Å². The minimum atomic E-state index is 0.0656. The van der Waals surface area contributed by atoms with Crippen LogP contribution in [0.25, 0.3) is 0 Å². The van der Waals surface area contributed by atoms with Gasteiger partial charge in [0.25, 0.3) is 0 Å². The summed E-state index contributed by atoms with van der Waals surface area (Å²) in [6, 6.07) is 9.86. The van der Waals surface area contributed by atoms with Crippen molar-refractivity contribution in [2.45, 2.75) is 33.0 Å². The van der Waals surface area contributed by atoms with E-state index in [9.17, 15) is 0 Å². The van der Waals surface area contributed by atoms with Crippen LogP contribution < -0.4 is 24.3 Å². The fourth-order valence-corrected chi connectivity index (χ4v) is 3.11. The van der Waals surface area contributed by atoms with E-state index in [-0.39, 0.29) is 6.10 Å². The van der Waals surface area contributed by atoms with Crippen LogP contribution in [0.3, 0.4) is 0 Å². The molecule has 5 nitrogen and oxygen atoms in total. The van der Waals surface area contributed by atoms with Crippen LogP contribution in [-0.4, -0.2) is 20.0 Å². The predicted molar refractivity (Wildman–Crippen MR) is 99.6 cm³/mol. The molecule has 0 spiro atoms. The van der Waals surface area contributed by atoms with E-state index in [1.165, 1.54) is 0 Å². The number of halogens is 1. The van der Waals surface area contributed by atoms with Crippen LogP contribution in [0.2, 0.25) is 0 Å². The lowest BCUT2D eigenvalue weighted by Gasteiger charge is -2.19. The number of methoxy groups -OCH3 is 1. The maximum Gasteiger partial charge on any atom is 0.231 e. The van der Waals surface area contributed by atoms with Crippen LogP contribution in [-0.2, 0) is 13.1 Å². The Morgan fingerprint density at radius 1 is 1.12 bits per heavy atom. The average Bonchev–Trinajstić information content (AvgIpc) is 3.05. The standard InChI is InChI=1S/C19H22BrNO4/c1-12(2)25-19-14(15(20)5-7-17(19)22-3)10-21-9-13-4-6-16-18(8-13)24-11-23-16/h4-8,12,21H,9-11H2,1-3H3. The molecule has 0 fully saturated rings. The van der Waals surface area contributed by atoms with Gasteiger partial charge in [-0.2, -0.15) is 0 Å². The SMILES string of the molecule is COc1ccc(Br)c(CNCc2ccc3c(c2)OCO3)c1OC(C)C. The summed E-state index contributed by atoms with van der Waals surface area (Å²) in [5, 5.41) is 3.45. The first-order valence-corrected chi connectivity index (χ1v) is 8.99. The highest BCUT2D eigenvalue weighted by Crippen LogP contribution is 2.37. The van der Waals surface area contributed by atoms with E-state index in [1.807, 2.05) is 44.2 Å². The molecule has 25 heavy (non-hydrogen) atoms. The molecule has 0 atom stereocenters. The molecule has 2 aromatic carbocycles. The Bertz CT molecular complexity index is 748. The maximum absolute atomic E-state index is 5.98. The number of ether oxygens (including phenoxy) is 4. The van der Waals surface area contributed by atoms with E-state index in [1.54, 1.807) is 7.11 Å². The van der Waals surface area contributed by atoms with Gasteiger partial charge in [-0.3, -0.25) is 0 Å². The van der Waals surface area contributed by atoms with Gasteiger partial charge in [0.15, 0.2) is 23.0 Å². The quantitative estimate of drug-likeness (QED) is 0.742. The van der Waals surface area contributed by atoms with Crippen LogP contribution in [0.1, 0.15) is 25.0 Å². The lowest BCUT2D eigenvalue weighted by atomic mass is 10.1. The van der Waals surface area contributed by atoms with Crippen LogP contribution in [0.4, 0.5) is 0 Å². The third kappa shape index (κ3) is 4.19. The second-order valence-electron chi connectivity index (χ2n) is 6.02. The molecular weight excluding hydrogens is 386 g/mol. The van der Waals surface area contributed by atoms with Gasteiger partial charge in [0.2, 0.25) is 6.79 Å². The molecule has 0 unspecified atom stereocenters. The molecule has 0 saturated carbocycles. The molecular formula is C19H22BrNO4. The van der Waals surface area contributed by atoms with E-state index >= 15 is 0 Å². The van der Waals surface area contributed by atoms with Crippen LogP contribution >= 0.6 is 15.9 Å². The molecule has 0 amide bonds. The third-order valence-corrected chi connectivity index (χ3v) is 4.55. The van der Waals surface area contributed by atoms with Gasteiger partial charge in [0.05, 0.1) is 13.2 Å². The van der Waals surface area contributed by atoms with Crippen molar-refractivity contribution in [2.75, 3.05) is 13.9 Å². The van der Waals surface area contributed by atoms with Crippen LogP contribution in [0.5, 0.6) is 23.0 Å². The highest BCUT2D eigenvalue weighted by Gasteiger charge is 2.16. The molecule has 2 aromatic rings. The fraction of sp³-hybridized carbons (Fsp3) is 0.368. The molecule has 134 valence electrons. The predicted octanol–water partition coefficient (Wildman–Crippen LogP) is 4.26. The molecule has 0 bridgehead atoms. The topological polar surface area (TPSA) is 49.0 Å². The summed E-state index contributed by atoms with van der Waals surface area (Å²) >= 11 is 3.62. The van der Waals surface area contributed by atoms with Gasteiger partial charge < -0.3 is 24.3 Å². The molecule has 1 N–H and O–H groups in total. The van der Waals surface area contributed by atoms with Crippen molar-refractivity contribution in [3.05, 3.63) is 45.9 Å². The molecule has 0 saturated heterocycles. The Labute approximate surface area is 156 Å². The summed E-state index contributed by atoms with van der Waals surface area (Å²) in [5.74, 6) is 3.10. The van der Waals surface area contributed by atoms with E-state index in [0.717, 1.165) is 38.6 Å². The van der Waals surface area contributed by atoms with Gasteiger partial charge in [0, 0.05) is 23.1 Å². The molecule has 0 aromatic heterocycles. The Morgan fingerprint density at radius 3 is 2.68 bits per heavy atom. The van der Waals surface area contributed by atoms with E-state index in [4.69, 9.17) is 18.9 Å². The van der Waals surface area contributed by atoms with E-state index in [0.29, 0.717) is 19.9 Å². The van der Waals surface area contributed by atoms with Crippen molar-refractivity contribution in [3.8, 4) is 23.0 Å². The van der Waals surface area contributed by atoms with E-state index in [2.05, 4.69) is 21.2 Å². The molecule has 1 aliphatic rings. The third-order valence-electron chi connectivity index (χ3n) is 3.81. The number of rotatable bonds is 7. The monoisotopic (exact) mass is 407 g/mol. The first-order valence-electron chi connectivity index (χ1n) is 8.19. The number of nitrogens with one attached hydrogen (secondary N) is 1. The Morgan fingerprint density at radius 2 is 1.92 bits per heavy atom. The van der Waals surface area contributed by atoms with Gasteiger partial charge >= 0.3 is 0 Å². The minimum absolute atomic E-state index is 0.0656. The second kappa shape index (κ2) is 7.97. The van der Waals surface area contributed by atoms with Gasteiger partial charge in [-0.05, 0) is 43.7 Å². The van der Waals surface area contributed by atoms with Crippen molar-refractivity contribution in [3.63, 3.8) is 0 Å². The molecule has 1 aliphatic heterocycles. The highest BCUT2D eigenvalue weighted by molar-refractivity contribution is 9.10. The fourth-order valence-electron chi connectivity index (χ4n) is 2.66. The lowest BCUT2D eigenvalue weighted by molar-refractivity contribution is 0.174. The van der Waals surface area contributed by atoms with Crippen LogP contribution in [0.15, 0.2) is 34.8 Å². The van der Waals surface area contributed by atoms with Crippen molar-refractivity contribution < 1.29 is 18.9 Å². The summed E-state index contributed by atoms with van der Waals surface area (Å²) in [5.41, 5.74) is 2.17. The molecule has 0 radical (unpaired) electrons. The molecule has 3 rings (SSSR count).